The highest BCUT2D eigenvalue weighted by atomic mass is 16.3. The van der Waals surface area contributed by atoms with Crippen molar-refractivity contribution in [1.82, 2.24) is 4.57 Å². The van der Waals surface area contributed by atoms with Gasteiger partial charge in [0.2, 0.25) is 5.78 Å². The fourth-order valence-electron chi connectivity index (χ4n) is 1.87. The minimum atomic E-state index is -0.0269. The molecule has 0 fully saturated rings. The lowest BCUT2D eigenvalue weighted by Crippen LogP contribution is -1.93. The van der Waals surface area contributed by atoms with Crippen LogP contribution in [0.2, 0.25) is 0 Å². The summed E-state index contributed by atoms with van der Waals surface area (Å²) in [6, 6.07) is 8.54. The maximum Gasteiger partial charge on any atom is 0.211 e. The zero-order valence-electron chi connectivity index (χ0n) is 7.27. The van der Waals surface area contributed by atoms with E-state index in [4.69, 9.17) is 0 Å². The van der Waals surface area contributed by atoms with Gasteiger partial charge in [-0.3, -0.25) is 4.79 Å². The molecule has 0 aliphatic carbocycles. The molecule has 0 radical (unpaired) electrons. The highest BCUT2D eigenvalue weighted by Gasteiger charge is 2.27. The van der Waals surface area contributed by atoms with Gasteiger partial charge in [0.1, 0.15) is 5.75 Å². The van der Waals surface area contributed by atoms with Gasteiger partial charge in [0.25, 0.3) is 0 Å². The molecule has 2 aromatic rings. The topological polar surface area (TPSA) is 42.2 Å². The van der Waals surface area contributed by atoms with Gasteiger partial charge in [-0.25, -0.2) is 0 Å². The summed E-state index contributed by atoms with van der Waals surface area (Å²) >= 11 is 0. The minimum Gasteiger partial charge on any atom is -0.506 e. The summed E-state index contributed by atoms with van der Waals surface area (Å²) in [6.45, 7) is 0. The number of rotatable bonds is 0. The number of hydrogen-bond acceptors (Lipinski definition) is 2. The van der Waals surface area contributed by atoms with E-state index in [2.05, 4.69) is 0 Å². The molecule has 3 heteroatoms. The molecule has 1 aromatic carbocycles. The summed E-state index contributed by atoms with van der Waals surface area (Å²) in [5.41, 5.74) is 1.78. The first kappa shape index (κ1) is 7.38. The third-order valence-electron chi connectivity index (χ3n) is 2.48. The van der Waals surface area contributed by atoms with Gasteiger partial charge in [-0.05, 0) is 24.3 Å². The van der Waals surface area contributed by atoms with Crippen LogP contribution in [0.1, 0.15) is 16.1 Å². The van der Waals surface area contributed by atoms with E-state index in [0.29, 0.717) is 16.9 Å². The number of ketones is 1. The maximum absolute atomic E-state index is 11.8. The molecule has 1 N–H and O–H groups in total. The van der Waals surface area contributed by atoms with Crippen molar-refractivity contribution in [3.63, 3.8) is 0 Å². The number of carbonyl (C=O) groups excluding carboxylic acids is 1. The Kier molecular flexibility index (Phi) is 1.19. The predicted molar refractivity (Wildman–Crippen MR) is 50.9 cm³/mol. The van der Waals surface area contributed by atoms with Crippen LogP contribution in [-0.2, 0) is 0 Å². The Morgan fingerprint density at radius 2 is 2.00 bits per heavy atom. The molecule has 2 heterocycles. The Labute approximate surface area is 80.2 Å². The Hall–Kier alpha value is -2.03. The molecule has 0 unspecified atom stereocenters. The first-order chi connectivity index (χ1) is 6.79. The lowest BCUT2D eigenvalue weighted by Gasteiger charge is -2.02. The second-order valence-electron chi connectivity index (χ2n) is 3.27. The fraction of sp³-hybridized carbons (Fsp3) is 0. The van der Waals surface area contributed by atoms with Crippen molar-refractivity contribution in [1.29, 1.82) is 0 Å². The largest absolute Gasteiger partial charge is 0.506 e. The first-order valence-electron chi connectivity index (χ1n) is 4.33. The lowest BCUT2D eigenvalue weighted by atomic mass is 10.1. The number of phenolic OH excluding ortho intramolecular Hbond substituents is 1. The average molecular weight is 185 g/mol. The smallest absolute Gasteiger partial charge is 0.211 e. The molecule has 0 bridgehead atoms. The Balaban J connectivity index is 2.46. The van der Waals surface area contributed by atoms with Crippen molar-refractivity contribution in [2.45, 2.75) is 0 Å². The molecule has 14 heavy (non-hydrogen) atoms. The molecular weight excluding hydrogens is 178 g/mol. The summed E-state index contributed by atoms with van der Waals surface area (Å²) in [7, 11) is 0. The van der Waals surface area contributed by atoms with Crippen LogP contribution in [0, 0.1) is 0 Å². The van der Waals surface area contributed by atoms with Crippen LogP contribution in [0.15, 0.2) is 36.5 Å². The highest BCUT2D eigenvalue weighted by molar-refractivity contribution is 6.14. The molecule has 1 aromatic heterocycles. The van der Waals surface area contributed by atoms with E-state index < -0.39 is 0 Å². The van der Waals surface area contributed by atoms with Crippen molar-refractivity contribution in [3.05, 3.63) is 47.8 Å². The number of fused-ring (bicyclic) bond motifs is 3. The first-order valence-corrected chi connectivity index (χ1v) is 4.33. The maximum atomic E-state index is 11.8. The van der Waals surface area contributed by atoms with E-state index in [0.717, 1.165) is 0 Å². The van der Waals surface area contributed by atoms with Crippen molar-refractivity contribution in [2.75, 3.05) is 0 Å². The summed E-state index contributed by atoms with van der Waals surface area (Å²) in [5.74, 6) is 0.117. The number of benzene rings is 1. The SMILES string of the molecule is O=C1c2cccc(O)c2-n2cccc21. The molecule has 0 amide bonds. The second kappa shape index (κ2) is 2.26. The van der Waals surface area contributed by atoms with Crippen LogP contribution in [-0.4, -0.2) is 15.5 Å². The number of para-hydroxylation sites is 1. The van der Waals surface area contributed by atoms with E-state index in [1.807, 2.05) is 0 Å². The van der Waals surface area contributed by atoms with Crippen LogP contribution in [0.4, 0.5) is 0 Å². The van der Waals surface area contributed by atoms with Crippen molar-refractivity contribution in [3.8, 4) is 11.4 Å². The molecule has 1 aliphatic heterocycles. The van der Waals surface area contributed by atoms with Crippen LogP contribution < -0.4 is 0 Å². The fourth-order valence-corrected chi connectivity index (χ4v) is 1.87. The van der Waals surface area contributed by atoms with E-state index in [1.54, 1.807) is 41.1 Å². The second-order valence-corrected chi connectivity index (χ2v) is 3.27. The molecule has 0 spiro atoms. The van der Waals surface area contributed by atoms with Crippen molar-refractivity contribution >= 4 is 5.78 Å². The molecule has 0 saturated carbocycles. The highest BCUT2D eigenvalue weighted by Crippen LogP contribution is 2.34. The van der Waals surface area contributed by atoms with Gasteiger partial charge in [-0.2, -0.15) is 0 Å². The minimum absolute atomic E-state index is 0.0269. The van der Waals surface area contributed by atoms with E-state index >= 15 is 0 Å². The number of phenols is 1. The van der Waals surface area contributed by atoms with Gasteiger partial charge in [0.15, 0.2) is 0 Å². The van der Waals surface area contributed by atoms with Gasteiger partial charge >= 0.3 is 0 Å². The van der Waals surface area contributed by atoms with Gasteiger partial charge in [-0.1, -0.05) is 6.07 Å². The lowest BCUT2D eigenvalue weighted by molar-refractivity contribution is 0.104. The van der Waals surface area contributed by atoms with Gasteiger partial charge < -0.3 is 9.67 Å². The van der Waals surface area contributed by atoms with E-state index in [9.17, 15) is 9.90 Å². The predicted octanol–water partition coefficient (Wildman–Crippen LogP) is 1.73. The summed E-state index contributed by atoms with van der Waals surface area (Å²) in [6.07, 6.45) is 1.78. The van der Waals surface area contributed by atoms with Crippen molar-refractivity contribution in [2.24, 2.45) is 0 Å². The molecule has 3 nitrogen and oxygen atoms in total. The Bertz CT molecular complexity index is 540. The summed E-state index contributed by atoms with van der Waals surface area (Å²) in [5, 5.41) is 9.64. The van der Waals surface area contributed by atoms with Crippen LogP contribution in [0.25, 0.3) is 5.69 Å². The third-order valence-corrected chi connectivity index (χ3v) is 2.48. The standard InChI is InChI=1S/C11H7NO2/c13-9-5-1-3-7-10(9)12-6-2-4-8(12)11(7)14/h1-6,13H. The van der Waals surface area contributed by atoms with Gasteiger partial charge in [0, 0.05) is 6.20 Å². The van der Waals surface area contributed by atoms with E-state index in [1.165, 1.54) is 0 Å². The Morgan fingerprint density at radius 1 is 1.14 bits per heavy atom. The number of nitrogens with zero attached hydrogens (tertiary/aromatic N) is 1. The summed E-state index contributed by atoms with van der Waals surface area (Å²) < 4.78 is 1.72. The molecule has 68 valence electrons. The monoisotopic (exact) mass is 185 g/mol. The third kappa shape index (κ3) is 0.695. The molecule has 0 saturated heterocycles. The molecule has 3 rings (SSSR count). The zero-order valence-corrected chi connectivity index (χ0v) is 7.27. The number of hydrogen-bond donors (Lipinski definition) is 1. The van der Waals surface area contributed by atoms with Crippen molar-refractivity contribution < 1.29 is 9.90 Å². The molecule has 1 aliphatic rings. The number of aromatic hydroxyl groups is 1. The van der Waals surface area contributed by atoms with E-state index in [-0.39, 0.29) is 11.5 Å². The molecule has 0 atom stereocenters. The zero-order chi connectivity index (χ0) is 9.71. The van der Waals surface area contributed by atoms with Crippen LogP contribution in [0.3, 0.4) is 0 Å². The normalized spacial score (nSPS) is 12.7. The molecular formula is C11H7NO2. The quantitative estimate of drug-likeness (QED) is 0.579. The van der Waals surface area contributed by atoms with Gasteiger partial charge in [-0.15, -0.1) is 0 Å². The van der Waals surface area contributed by atoms with Crippen LogP contribution >= 0.6 is 0 Å². The summed E-state index contributed by atoms with van der Waals surface area (Å²) in [4.78, 5) is 11.8. The number of aromatic nitrogens is 1. The average Bonchev–Trinajstić information content (AvgIpc) is 2.72. The van der Waals surface area contributed by atoms with Gasteiger partial charge in [0.05, 0.1) is 16.9 Å². The van der Waals surface area contributed by atoms with Crippen LogP contribution in [0.5, 0.6) is 5.75 Å². The number of carbonyl (C=O) groups is 1. The Morgan fingerprint density at radius 3 is 2.86 bits per heavy atom.